The van der Waals surface area contributed by atoms with Crippen LogP contribution in [-0.2, 0) is 5.54 Å². The first-order chi connectivity index (χ1) is 6.49. The van der Waals surface area contributed by atoms with Gasteiger partial charge >= 0.3 is 0 Å². The van der Waals surface area contributed by atoms with Crippen LogP contribution in [0.1, 0.15) is 18.9 Å². The Kier molecular flexibility index (Phi) is 4.13. The second-order valence-electron chi connectivity index (χ2n) is 3.49. The van der Waals surface area contributed by atoms with Crippen molar-refractivity contribution in [2.45, 2.75) is 18.9 Å². The number of rotatable bonds is 3. The average Bonchev–Trinajstić information content (AvgIpc) is 2.02. The summed E-state index contributed by atoms with van der Waals surface area (Å²) in [4.78, 5) is 0. The quantitative estimate of drug-likeness (QED) is 0.899. The number of nitrogens with two attached hydrogens (primary N) is 1. The van der Waals surface area contributed by atoms with Crippen LogP contribution in [0.4, 0.5) is 0 Å². The van der Waals surface area contributed by atoms with Crippen LogP contribution in [0.3, 0.4) is 0 Å². The summed E-state index contributed by atoms with van der Waals surface area (Å²) in [7, 11) is 0. The first-order valence-corrected chi connectivity index (χ1v) is 5.92. The minimum absolute atomic E-state index is 0.0841. The van der Waals surface area contributed by atoms with Gasteiger partial charge in [0.15, 0.2) is 0 Å². The highest BCUT2D eigenvalue weighted by molar-refractivity contribution is 9.11. The Bertz CT molecular complexity index is 306. The SMILES string of the molecule is C[C@](N)(CCO)c1c(Br)cccc1Br. The molecule has 0 aliphatic carbocycles. The van der Waals surface area contributed by atoms with Crippen molar-refractivity contribution in [3.05, 3.63) is 32.7 Å². The topological polar surface area (TPSA) is 46.2 Å². The van der Waals surface area contributed by atoms with E-state index in [-0.39, 0.29) is 6.61 Å². The molecule has 1 rings (SSSR count). The summed E-state index contributed by atoms with van der Waals surface area (Å²) in [6, 6.07) is 5.83. The van der Waals surface area contributed by atoms with Crippen LogP contribution < -0.4 is 5.73 Å². The Morgan fingerprint density at radius 2 is 1.86 bits per heavy atom. The lowest BCUT2D eigenvalue weighted by Crippen LogP contribution is -2.34. The third kappa shape index (κ3) is 2.57. The van der Waals surface area contributed by atoms with E-state index in [0.29, 0.717) is 6.42 Å². The molecular weight excluding hydrogens is 310 g/mol. The van der Waals surface area contributed by atoms with Crippen LogP contribution in [0.5, 0.6) is 0 Å². The zero-order valence-corrected chi connectivity index (χ0v) is 11.1. The molecule has 4 heteroatoms. The van der Waals surface area contributed by atoms with Gasteiger partial charge in [0.25, 0.3) is 0 Å². The molecule has 1 aromatic rings. The first-order valence-electron chi connectivity index (χ1n) is 4.33. The van der Waals surface area contributed by atoms with Crippen LogP contribution in [0.15, 0.2) is 27.1 Å². The molecule has 1 atom stereocenters. The van der Waals surface area contributed by atoms with Gasteiger partial charge in [0, 0.05) is 26.7 Å². The molecule has 0 unspecified atom stereocenters. The molecule has 0 spiro atoms. The van der Waals surface area contributed by atoms with Gasteiger partial charge in [0.05, 0.1) is 0 Å². The van der Waals surface area contributed by atoms with E-state index >= 15 is 0 Å². The van der Waals surface area contributed by atoms with Crippen LogP contribution in [-0.4, -0.2) is 11.7 Å². The first kappa shape index (κ1) is 12.2. The molecule has 0 bridgehead atoms. The summed E-state index contributed by atoms with van der Waals surface area (Å²) in [5.74, 6) is 0. The number of benzene rings is 1. The molecule has 3 N–H and O–H groups in total. The third-order valence-corrected chi connectivity index (χ3v) is 3.49. The molecule has 0 radical (unpaired) electrons. The van der Waals surface area contributed by atoms with Gasteiger partial charge in [-0.25, -0.2) is 0 Å². The van der Waals surface area contributed by atoms with Gasteiger partial charge in [-0.05, 0) is 25.5 Å². The summed E-state index contributed by atoms with van der Waals surface area (Å²) in [5.41, 5.74) is 6.60. The number of aliphatic hydroxyl groups is 1. The summed E-state index contributed by atoms with van der Waals surface area (Å²) in [5, 5.41) is 8.93. The highest BCUT2D eigenvalue weighted by Crippen LogP contribution is 2.34. The molecule has 0 aliphatic heterocycles. The van der Waals surface area contributed by atoms with E-state index in [1.807, 2.05) is 25.1 Å². The van der Waals surface area contributed by atoms with Gasteiger partial charge in [-0.1, -0.05) is 37.9 Å². The van der Waals surface area contributed by atoms with Crippen molar-refractivity contribution in [1.82, 2.24) is 0 Å². The molecule has 0 aliphatic rings. The molecule has 0 saturated carbocycles. The van der Waals surface area contributed by atoms with Gasteiger partial charge in [0.1, 0.15) is 0 Å². The molecule has 0 aromatic heterocycles. The van der Waals surface area contributed by atoms with Crippen LogP contribution in [0, 0.1) is 0 Å². The summed E-state index contributed by atoms with van der Waals surface area (Å²) >= 11 is 6.92. The number of hydrogen-bond acceptors (Lipinski definition) is 2. The minimum atomic E-state index is -0.520. The molecule has 0 amide bonds. The fourth-order valence-electron chi connectivity index (χ4n) is 1.40. The Balaban J connectivity index is 3.17. The van der Waals surface area contributed by atoms with E-state index < -0.39 is 5.54 Å². The maximum Gasteiger partial charge on any atom is 0.0451 e. The van der Waals surface area contributed by atoms with Gasteiger partial charge in [-0.2, -0.15) is 0 Å². The predicted molar refractivity (Wildman–Crippen MR) is 65.1 cm³/mol. The fourth-order valence-corrected chi connectivity index (χ4v) is 3.30. The van der Waals surface area contributed by atoms with Crippen molar-refractivity contribution in [3.63, 3.8) is 0 Å². The van der Waals surface area contributed by atoms with Crippen molar-refractivity contribution >= 4 is 31.9 Å². The number of hydrogen-bond donors (Lipinski definition) is 2. The van der Waals surface area contributed by atoms with Gasteiger partial charge < -0.3 is 10.8 Å². The van der Waals surface area contributed by atoms with Crippen molar-refractivity contribution in [2.24, 2.45) is 5.73 Å². The zero-order valence-electron chi connectivity index (χ0n) is 7.93. The van der Waals surface area contributed by atoms with Gasteiger partial charge in [-0.3, -0.25) is 0 Å². The lowest BCUT2D eigenvalue weighted by Gasteiger charge is -2.26. The lowest BCUT2D eigenvalue weighted by atomic mass is 9.90. The summed E-state index contributed by atoms with van der Waals surface area (Å²) in [6.07, 6.45) is 0.536. The lowest BCUT2D eigenvalue weighted by molar-refractivity contribution is 0.246. The molecule has 2 nitrogen and oxygen atoms in total. The minimum Gasteiger partial charge on any atom is -0.396 e. The Hall–Kier alpha value is 0.1000. The molecule has 0 saturated heterocycles. The van der Waals surface area contributed by atoms with Crippen molar-refractivity contribution in [2.75, 3.05) is 6.61 Å². The van der Waals surface area contributed by atoms with Crippen molar-refractivity contribution < 1.29 is 5.11 Å². The van der Waals surface area contributed by atoms with Gasteiger partial charge in [0.2, 0.25) is 0 Å². The normalized spacial score (nSPS) is 15.2. The number of halogens is 2. The second-order valence-corrected chi connectivity index (χ2v) is 5.20. The Morgan fingerprint density at radius 1 is 1.36 bits per heavy atom. The summed E-state index contributed by atoms with van der Waals surface area (Å²) in [6.45, 7) is 1.99. The highest BCUT2D eigenvalue weighted by atomic mass is 79.9. The van der Waals surface area contributed by atoms with Crippen LogP contribution in [0.25, 0.3) is 0 Å². The van der Waals surface area contributed by atoms with Crippen molar-refractivity contribution in [3.8, 4) is 0 Å². The number of aliphatic hydroxyl groups excluding tert-OH is 1. The zero-order chi connectivity index (χ0) is 10.8. The maximum absolute atomic E-state index is 8.93. The molecule has 14 heavy (non-hydrogen) atoms. The maximum atomic E-state index is 8.93. The second kappa shape index (κ2) is 4.75. The fraction of sp³-hybridized carbons (Fsp3) is 0.400. The van der Waals surface area contributed by atoms with E-state index in [0.717, 1.165) is 14.5 Å². The largest absolute Gasteiger partial charge is 0.396 e. The van der Waals surface area contributed by atoms with E-state index in [2.05, 4.69) is 31.9 Å². The molecule has 78 valence electrons. The smallest absolute Gasteiger partial charge is 0.0451 e. The monoisotopic (exact) mass is 321 g/mol. The van der Waals surface area contributed by atoms with Crippen molar-refractivity contribution in [1.29, 1.82) is 0 Å². The molecule has 1 aromatic carbocycles. The van der Waals surface area contributed by atoms with E-state index in [4.69, 9.17) is 10.8 Å². The average molecular weight is 323 g/mol. The van der Waals surface area contributed by atoms with Crippen LogP contribution >= 0.6 is 31.9 Å². The van der Waals surface area contributed by atoms with E-state index in [9.17, 15) is 0 Å². The van der Waals surface area contributed by atoms with E-state index in [1.165, 1.54) is 0 Å². The molecular formula is C10H13Br2NO. The van der Waals surface area contributed by atoms with E-state index in [1.54, 1.807) is 0 Å². The predicted octanol–water partition coefficient (Wildman–Crippen LogP) is 2.77. The third-order valence-electron chi connectivity index (χ3n) is 2.17. The summed E-state index contributed by atoms with van der Waals surface area (Å²) < 4.78 is 1.93. The van der Waals surface area contributed by atoms with Gasteiger partial charge in [-0.15, -0.1) is 0 Å². The standard InChI is InChI=1S/C10H13Br2NO/c1-10(13,5-6-14)9-7(11)3-2-4-8(9)12/h2-4,14H,5-6,13H2,1H3/t10-/m0/s1. The molecule has 0 heterocycles. The Morgan fingerprint density at radius 3 is 2.29 bits per heavy atom. The molecule has 0 fully saturated rings. The Labute approximate surface area is 101 Å². The highest BCUT2D eigenvalue weighted by Gasteiger charge is 2.25. The van der Waals surface area contributed by atoms with Crippen LogP contribution in [0.2, 0.25) is 0 Å².